The third-order valence-electron chi connectivity index (χ3n) is 17.1. The minimum Gasteiger partial charge on any atom is -0.351 e. The Labute approximate surface area is 466 Å². The van der Waals surface area contributed by atoms with Gasteiger partial charge in [0, 0.05) is 24.2 Å². The summed E-state index contributed by atoms with van der Waals surface area (Å²) >= 11 is 0. The number of anilines is 1. The van der Waals surface area contributed by atoms with Crippen molar-refractivity contribution in [3.8, 4) is 17.2 Å². The molecular weight excluding hydrogens is 977 g/mol. The molecule has 1 aliphatic rings. The molecule has 2 N–H and O–H groups in total. The molecule has 2 atom stereocenters. The van der Waals surface area contributed by atoms with Crippen molar-refractivity contribution in [2.24, 2.45) is 0 Å². The van der Waals surface area contributed by atoms with Gasteiger partial charge >= 0.3 is 0 Å². The van der Waals surface area contributed by atoms with Gasteiger partial charge in [-0.15, -0.1) is 0 Å². The monoisotopic (exact) mass is 1030 g/mol. The molecule has 80 heavy (non-hydrogen) atoms. The first-order chi connectivity index (χ1) is 39.5. The molecule has 0 saturated heterocycles. The van der Waals surface area contributed by atoms with Crippen molar-refractivity contribution < 1.29 is 4.79 Å². The maximum absolute atomic E-state index is 18.9. The number of aromatic amines is 2. The Hall–Kier alpha value is -10.2. The lowest BCUT2D eigenvalue weighted by Gasteiger charge is -2.56. The lowest BCUT2D eigenvalue weighted by molar-refractivity contribution is -0.126. The summed E-state index contributed by atoms with van der Waals surface area (Å²) in [6.07, 6.45) is 7.56. The van der Waals surface area contributed by atoms with E-state index in [4.69, 9.17) is 9.97 Å². The van der Waals surface area contributed by atoms with Crippen LogP contribution < -0.4 is 4.90 Å². The first-order valence-corrected chi connectivity index (χ1v) is 27.2. The topological polar surface area (TPSA) is 101 Å². The van der Waals surface area contributed by atoms with Gasteiger partial charge in [0.05, 0.1) is 64.2 Å². The summed E-state index contributed by atoms with van der Waals surface area (Å²) < 4.78 is 0. The molecule has 1 aliphatic heterocycles. The second kappa shape index (κ2) is 20.7. The number of nitriles is 1. The number of carbonyl (C=O) groups excluding carboxylic acids is 1. The van der Waals surface area contributed by atoms with Crippen LogP contribution in [0.4, 0.5) is 5.69 Å². The van der Waals surface area contributed by atoms with Crippen LogP contribution in [0.25, 0.3) is 21.9 Å². The molecule has 12 aromatic rings. The van der Waals surface area contributed by atoms with E-state index in [0.29, 0.717) is 17.0 Å². The molecule has 0 saturated carbocycles. The van der Waals surface area contributed by atoms with Crippen LogP contribution in [0.3, 0.4) is 0 Å². The maximum Gasteiger partial charge on any atom is 0.239 e. The predicted octanol–water partition coefficient (Wildman–Crippen LogP) is 15.6. The number of aromatic nitrogens is 4. The fraction of sp³-hybridized carbons (Fsp3) is 0.0959. The third kappa shape index (κ3) is 7.74. The maximum atomic E-state index is 18.9. The Kier molecular flexibility index (Phi) is 12.8. The molecule has 3 heterocycles. The lowest BCUT2D eigenvalue weighted by atomic mass is 9.43. The van der Waals surface area contributed by atoms with Gasteiger partial charge in [-0.1, -0.05) is 249 Å². The van der Waals surface area contributed by atoms with Gasteiger partial charge in [-0.3, -0.25) is 4.79 Å². The second-order valence-electron chi connectivity index (χ2n) is 20.9. The van der Waals surface area contributed by atoms with E-state index in [2.05, 4.69) is 264 Å². The first kappa shape index (κ1) is 49.4. The number of carbonyl (C=O) groups is 1. The van der Waals surface area contributed by atoms with Gasteiger partial charge in [0.25, 0.3) is 0 Å². The number of hydrogen-bond acceptors (Lipinski definition) is 4. The van der Waals surface area contributed by atoms with Gasteiger partial charge in [0.15, 0.2) is 0 Å². The average Bonchev–Trinajstić information content (AvgIpc) is 4.47. The van der Waals surface area contributed by atoms with Crippen molar-refractivity contribution in [3.05, 3.63) is 353 Å². The van der Waals surface area contributed by atoms with Gasteiger partial charge < -0.3 is 14.9 Å². The Morgan fingerprint density at radius 2 is 0.912 bits per heavy atom. The van der Waals surface area contributed by atoms with Crippen LogP contribution in [0.2, 0.25) is 0 Å². The molecule has 0 fully saturated rings. The fourth-order valence-electron chi connectivity index (χ4n) is 14.0. The molecule has 7 nitrogen and oxygen atoms in total. The van der Waals surface area contributed by atoms with Gasteiger partial charge in [-0.25, -0.2) is 9.97 Å². The predicted molar refractivity (Wildman–Crippen MR) is 319 cm³/mol. The summed E-state index contributed by atoms with van der Waals surface area (Å²) in [4.78, 5) is 38.9. The average molecular weight is 1030 g/mol. The summed E-state index contributed by atoms with van der Waals surface area (Å²) in [7, 11) is 0. The van der Waals surface area contributed by atoms with Crippen LogP contribution >= 0.6 is 0 Å². The van der Waals surface area contributed by atoms with Gasteiger partial charge in [-0.05, 0) is 91.0 Å². The number of nitrogens with zero attached hydrogens (tertiary/aromatic N) is 4. The number of benzene rings is 10. The number of H-pyrrole nitrogens is 2. The molecule has 13 rings (SSSR count). The minimum absolute atomic E-state index is 0.0964. The molecule has 2 aromatic heterocycles. The van der Waals surface area contributed by atoms with Crippen LogP contribution in [0, 0.1) is 18.3 Å². The van der Waals surface area contributed by atoms with Crippen LogP contribution in [0.15, 0.2) is 286 Å². The molecule has 0 radical (unpaired) electrons. The Balaban J connectivity index is 1.30. The first-order valence-electron chi connectivity index (χ1n) is 27.2. The highest BCUT2D eigenvalue weighted by Gasteiger charge is 2.71. The Morgan fingerprint density at radius 1 is 0.500 bits per heavy atom. The van der Waals surface area contributed by atoms with Gasteiger partial charge in [0.1, 0.15) is 0 Å². The van der Waals surface area contributed by atoms with Crippen LogP contribution in [-0.4, -0.2) is 25.8 Å². The van der Waals surface area contributed by atoms with E-state index in [1.54, 1.807) is 12.7 Å². The summed E-state index contributed by atoms with van der Waals surface area (Å²) in [6, 6.07) is 93.9. The van der Waals surface area contributed by atoms with Gasteiger partial charge in [0.2, 0.25) is 5.91 Å². The number of imidazole rings is 2. The number of hydrogen-bond donors (Lipinski definition) is 2. The number of fused-ring (bicyclic) bond motifs is 2. The molecule has 10 aromatic carbocycles. The Bertz CT molecular complexity index is 3760. The van der Waals surface area contributed by atoms with Crippen molar-refractivity contribution in [2.75, 3.05) is 4.90 Å². The molecule has 2 unspecified atom stereocenters. The van der Waals surface area contributed by atoms with E-state index in [9.17, 15) is 5.26 Å². The summed E-state index contributed by atoms with van der Waals surface area (Å²) in [5.41, 5.74) is 9.38. The highest BCUT2D eigenvalue weighted by molar-refractivity contribution is 6.12. The zero-order valence-electron chi connectivity index (χ0n) is 44.2. The third-order valence-corrected chi connectivity index (χ3v) is 17.1. The zero-order valence-corrected chi connectivity index (χ0v) is 44.2. The SMILES string of the molecule is Cc1c(-c2ccc(C#N)cc2)ccc2c1N(Cc1cccc3ccccc13)C(=O)C2(C(c1c[nH]cn1)C(c1ccccc1)(c1ccccc1)c1ccccc1)C(c1c[nH]cn1)C(c1ccccc1)(c1ccccc1)c1ccccc1. The fourth-order valence-corrected chi connectivity index (χ4v) is 14.0. The number of rotatable bonds is 15. The van der Waals surface area contributed by atoms with Crippen molar-refractivity contribution in [2.45, 2.75) is 41.5 Å². The summed E-state index contributed by atoms with van der Waals surface area (Å²) in [6.45, 7) is 2.41. The number of nitrogens with one attached hydrogen (secondary N) is 2. The van der Waals surface area contributed by atoms with Gasteiger partial charge in [-0.2, -0.15) is 5.26 Å². The van der Waals surface area contributed by atoms with E-state index in [-0.39, 0.29) is 12.5 Å². The molecule has 384 valence electrons. The number of amides is 1. The quantitative estimate of drug-likeness (QED) is 0.0999. The molecule has 1 amide bonds. The molecule has 0 spiro atoms. The van der Waals surface area contributed by atoms with E-state index in [1.165, 1.54) is 0 Å². The van der Waals surface area contributed by atoms with Crippen molar-refractivity contribution in [3.63, 3.8) is 0 Å². The van der Waals surface area contributed by atoms with E-state index < -0.39 is 28.1 Å². The lowest BCUT2D eigenvalue weighted by Crippen LogP contribution is -2.60. The normalized spacial score (nSPS) is 15.1. The largest absolute Gasteiger partial charge is 0.351 e. The smallest absolute Gasteiger partial charge is 0.239 e. The van der Waals surface area contributed by atoms with E-state index in [0.717, 1.165) is 77.7 Å². The zero-order chi connectivity index (χ0) is 54.1. The molecule has 7 heteroatoms. The Morgan fingerprint density at radius 3 is 1.32 bits per heavy atom. The van der Waals surface area contributed by atoms with Crippen molar-refractivity contribution in [1.29, 1.82) is 5.26 Å². The van der Waals surface area contributed by atoms with Crippen LogP contribution in [0.1, 0.15) is 78.9 Å². The standard InChI is InChI=1S/C73H56N6O/c1-51-62(54-41-39-52(45-74)40-42-54)43-44-64-67(51)79(48-55-25-22-24-53-23-20-21-38-63(53)55)70(80)73(64,68(65-46-75-49-77-65)71(56-26-8-2-9-27-56,57-28-10-3-11-29-57)58-30-12-4-13-31-58)69(66-47-76-50-78-66)72(59-32-14-5-15-33-59,60-34-16-6-17-35-60)61-36-18-7-19-37-61/h2-44,46-47,49-50,68-69H,48H2,1H3,(H,75,77)(H,76,78). The highest BCUT2D eigenvalue weighted by Crippen LogP contribution is 2.70. The van der Waals surface area contributed by atoms with E-state index in [1.807, 2.05) is 36.7 Å². The second-order valence-corrected chi connectivity index (χ2v) is 20.9. The molecule has 0 bridgehead atoms. The summed E-state index contributed by atoms with van der Waals surface area (Å²) in [5.74, 6) is -1.83. The van der Waals surface area contributed by atoms with Crippen LogP contribution in [0.5, 0.6) is 0 Å². The van der Waals surface area contributed by atoms with Crippen LogP contribution in [-0.2, 0) is 27.6 Å². The molecule has 0 aliphatic carbocycles. The van der Waals surface area contributed by atoms with E-state index >= 15 is 4.79 Å². The minimum atomic E-state index is -1.67. The highest BCUT2D eigenvalue weighted by atomic mass is 16.2. The van der Waals surface area contributed by atoms with Crippen molar-refractivity contribution >= 4 is 22.4 Å². The van der Waals surface area contributed by atoms with Crippen molar-refractivity contribution in [1.82, 2.24) is 19.9 Å². The summed E-state index contributed by atoms with van der Waals surface area (Å²) in [5, 5.41) is 12.1. The molecular formula is C73H56N6O.